The second-order valence-electron chi connectivity index (χ2n) is 6.59. The van der Waals surface area contributed by atoms with Gasteiger partial charge in [-0.1, -0.05) is 66.4 Å². The van der Waals surface area contributed by atoms with Crippen molar-refractivity contribution in [2.24, 2.45) is 0 Å². The molecule has 0 saturated carbocycles. The van der Waals surface area contributed by atoms with Gasteiger partial charge in [-0.3, -0.25) is 0 Å². The zero-order chi connectivity index (χ0) is 17.9. The van der Waals surface area contributed by atoms with Crippen LogP contribution in [0.5, 0.6) is 0 Å². The highest BCUT2D eigenvalue weighted by atomic mass is 14.1. The lowest BCUT2D eigenvalue weighted by Crippen LogP contribution is -1.90. The molecular weight excluding hydrogens is 312 g/mol. The molecule has 0 heterocycles. The molecule has 0 saturated heterocycles. The smallest absolute Gasteiger partial charge is 0.0249 e. The minimum atomic E-state index is 1.03. The lowest BCUT2D eigenvalue weighted by atomic mass is 9.92. The largest absolute Gasteiger partial charge is 0.0622 e. The van der Waals surface area contributed by atoms with Gasteiger partial charge in [0, 0.05) is 11.1 Å². The van der Waals surface area contributed by atoms with E-state index in [4.69, 9.17) is 0 Å². The summed E-state index contributed by atoms with van der Waals surface area (Å²) in [6.07, 6.45) is 0. The Labute approximate surface area is 155 Å². The van der Waals surface area contributed by atoms with Gasteiger partial charge in [0.15, 0.2) is 0 Å². The third-order valence-corrected chi connectivity index (χ3v) is 4.95. The molecule has 124 valence electrons. The van der Waals surface area contributed by atoms with Gasteiger partial charge in [0.1, 0.15) is 0 Å². The van der Waals surface area contributed by atoms with E-state index in [0.29, 0.717) is 0 Å². The first-order valence-corrected chi connectivity index (χ1v) is 8.89. The van der Waals surface area contributed by atoms with Crippen molar-refractivity contribution in [1.82, 2.24) is 0 Å². The summed E-state index contributed by atoms with van der Waals surface area (Å²) in [7, 11) is 0. The maximum absolute atomic E-state index is 3.25. The first kappa shape index (κ1) is 16.2. The molecule has 0 heteroatoms. The Morgan fingerprint density at radius 1 is 0.577 bits per heavy atom. The van der Waals surface area contributed by atoms with Crippen LogP contribution in [0.25, 0.3) is 21.9 Å². The van der Waals surface area contributed by atoms with Crippen LogP contribution >= 0.6 is 0 Å². The quantitative estimate of drug-likeness (QED) is 0.348. The fraction of sp³-hybridized carbons (Fsp3) is 0.0769. The number of rotatable bonds is 1. The van der Waals surface area contributed by atoms with Crippen molar-refractivity contribution in [3.63, 3.8) is 0 Å². The van der Waals surface area contributed by atoms with E-state index in [9.17, 15) is 0 Å². The third-order valence-electron chi connectivity index (χ3n) is 4.95. The first-order chi connectivity index (χ1) is 12.7. The molecule has 0 unspecified atom stereocenters. The van der Waals surface area contributed by atoms with E-state index in [1.807, 2.05) is 30.3 Å². The fourth-order valence-corrected chi connectivity index (χ4v) is 3.33. The maximum Gasteiger partial charge on any atom is 0.0249 e. The minimum Gasteiger partial charge on any atom is -0.0622 e. The van der Waals surface area contributed by atoms with Crippen LogP contribution in [0.4, 0.5) is 0 Å². The highest BCUT2D eigenvalue weighted by Gasteiger charge is 2.08. The average molecular weight is 332 g/mol. The molecule has 0 nitrogen and oxygen atoms in total. The highest BCUT2D eigenvalue weighted by molar-refractivity contribution is 5.92. The second-order valence-corrected chi connectivity index (χ2v) is 6.59. The van der Waals surface area contributed by atoms with E-state index in [1.54, 1.807) is 0 Å². The molecular formula is C26H20. The molecule has 0 fully saturated rings. The Morgan fingerprint density at radius 2 is 1.19 bits per heavy atom. The van der Waals surface area contributed by atoms with E-state index in [1.165, 1.54) is 33.0 Å². The van der Waals surface area contributed by atoms with Crippen LogP contribution in [-0.2, 0) is 0 Å². The van der Waals surface area contributed by atoms with E-state index in [0.717, 1.165) is 11.1 Å². The van der Waals surface area contributed by atoms with E-state index in [2.05, 4.69) is 80.3 Å². The molecule has 4 aromatic carbocycles. The molecule has 26 heavy (non-hydrogen) atoms. The molecule has 0 aliphatic carbocycles. The SMILES string of the molecule is Cc1c(-c2ccc(C#Cc3ccccc3)cc2)cc2ccccc2c1C. The summed E-state index contributed by atoms with van der Waals surface area (Å²) in [6, 6.07) is 29.5. The average Bonchev–Trinajstić information content (AvgIpc) is 2.70. The van der Waals surface area contributed by atoms with Gasteiger partial charge in [-0.2, -0.15) is 0 Å². The lowest BCUT2D eigenvalue weighted by Gasteiger charge is -2.13. The number of fused-ring (bicyclic) bond motifs is 1. The minimum absolute atomic E-state index is 1.03. The fourth-order valence-electron chi connectivity index (χ4n) is 3.33. The summed E-state index contributed by atoms with van der Waals surface area (Å²) >= 11 is 0. The van der Waals surface area contributed by atoms with Crippen LogP contribution in [0, 0.1) is 25.7 Å². The normalized spacial score (nSPS) is 10.4. The van der Waals surface area contributed by atoms with Gasteiger partial charge in [-0.05, 0) is 77.2 Å². The van der Waals surface area contributed by atoms with Gasteiger partial charge in [0.05, 0.1) is 0 Å². The highest BCUT2D eigenvalue weighted by Crippen LogP contribution is 2.31. The van der Waals surface area contributed by atoms with Crippen LogP contribution in [-0.4, -0.2) is 0 Å². The van der Waals surface area contributed by atoms with Gasteiger partial charge >= 0.3 is 0 Å². The van der Waals surface area contributed by atoms with Gasteiger partial charge in [0.25, 0.3) is 0 Å². The second kappa shape index (κ2) is 6.90. The Hall–Kier alpha value is -3.30. The zero-order valence-electron chi connectivity index (χ0n) is 15.1. The molecule has 4 aromatic rings. The third kappa shape index (κ3) is 3.13. The number of benzene rings is 4. The van der Waals surface area contributed by atoms with E-state index in [-0.39, 0.29) is 0 Å². The number of hydrogen-bond donors (Lipinski definition) is 0. The predicted molar refractivity (Wildman–Crippen MR) is 111 cm³/mol. The summed E-state index contributed by atoms with van der Waals surface area (Å²) in [5.74, 6) is 6.46. The van der Waals surface area contributed by atoms with Crippen LogP contribution in [0.15, 0.2) is 84.9 Å². The Bertz CT molecular complexity index is 1120. The lowest BCUT2D eigenvalue weighted by molar-refractivity contribution is 1.37. The van der Waals surface area contributed by atoms with Gasteiger partial charge in [-0.15, -0.1) is 0 Å². The molecule has 0 atom stereocenters. The van der Waals surface area contributed by atoms with Crippen molar-refractivity contribution in [2.45, 2.75) is 13.8 Å². The standard InChI is InChI=1S/C26H20/c1-19-20(2)26(18-24-10-6-7-11-25(19)24)23-16-14-22(15-17-23)13-12-21-8-4-3-5-9-21/h3-11,14-18H,1-2H3. The summed E-state index contributed by atoms with van der Waals surface area (Å²) in [5.41, 5.74) is 7.30. The summed E-state index contributed by atoms with van der Waals surface area (Å²) in [4.78, 5) is 0. The van der Waals surface area contributed by atoms with Crippen molar-refractivity contribution in [3.05, 3.63) is 107 Å². The van der Waals surface area contributed by atoms with Gasteiger partial charge < -0.3 is 0 Å². The van der Waals surface area contributed by atoms with Crippen molar-refractivity contribution < 1.29 is 0 Å². The molecule has 0 aliphatic heterocycles. The maximum atomic E-state index is 3.25. The van der Waals surface area contributed by atoms with Crippen molar-refractivity contribution in [2.75, 3.05) is 0 Å². The topological polar surface area (TPSA) is 0 Å². The predicted octanol–water partition coefficient (Wildman–Crippen LogP) is 6.52. The van der Waals surface area contributed by atoms with Crippen molar-refractivity contribution in [3.8, 4) is 23.0 Å². The number of aryl methyl sites for hydroxylation is 1. The Kier molecular flexibility index (Phi) is 4.30. The molecule has 0 aliphatic rings. The summed E-state index contributed by atoms with van der Waals surface area (Å²) in [5, 5.41) is 2.62. The summed E-state index contributed by atoms with van der Waals surface area (Å²) in [6.45, 7) is 4.42. The Morgan fingerprint density at radius 3 is 1.92 bits per heavy atom. The molecule has 0 spiro atoms. The molecule has 0 radical (unpaired) electrons. The van der Waals surface area contributed by atoms with Crippen LogP contribution in [0.3, 0.4) is 0 Å². The van der Waals surface area contributed by atoms with Crippen molar-refractivity contribution in [1.29, 1.82) is 0 Å². The molecule has 0 N–H and O–H groups in total. The first-order valence-electron chi connectivity index (χ1n) is 8.89. The van der Waals surface area contributed by atoms with Crippen LogP contribution < -0.4 is 0 Å². The van der Waals surface area contributed by atoms with Crippen LogP contribution in [0.2, 0.25) is 0 Å². The Balaban J connectivity index is 1.71. The monoisotopic (exact) mass is 332 g/mol. The number of hydrogen-bond acceptors (Lipinski definition) is 0. The van der Waals surface area contributed by atoms with Gasteiger partial charge in [-0.25, -0.2) is 0 Å². The molecule has 0 aromatic heterocycles. The van der Waals surface area contributed by atoms with E-state index < -0.39 is 0 Å². The van der Waals surface area contributed by atoms with E-state index >= 15 is 0 Å². The van der Waals surface area contributed by atoms with Gasteiger partial charge in [0.2, 0.25) is 0 Å². The van der Waals surface area contributed by atoms with Crippen molar-refractivity contribution >= 4 is 10.8 Å². The molecule has 0 bridgehead atoms. The summed E-state index contributed by atoms with van der Waals surface area (Å²) < 4.78 is 0. The molecule has 0 amide bonds. The molecule has 4 rings (SSSR count). The zero-order valence-corrected chi connectivity index (χ0v) is 15.1. The van der Waals surface area contributed by atoms with Crippen LogP contribution in [0.1, 0.15) is 22.3 Å².